The minimum atomic E-state index is -1.56. The monoisotopic (exact) mass is 1090 g/mol. The van der Waals surface area contributed by atoms with E-state index in [4.69, 9.17) is 9.47 Å². The Morgan fingerprint density at radius 2 is 0.805 bits per heavy atom. The number of carbonyl (C=O) groups is 1. The molecule has 0 saturated carbocycles. The van der Waals surface area contributed by atoms with Crippen LogP contribution in [-0.2, 0) is 14.3 Å². The molecule has 1 rings (SSSR count). The molecule has 1 fully saturated rings. The van der Waals surface area contributed by atoms with E-state index >= 15 is 0 Å². The van der Waals surface area contributed by atoms with Crippen LogP contribution < -0.4 is 5.32 Å². The molecule has 0 aromatic carbocycles. The second-order valence-electron chi connectivity index (χ2n) is 23.2. The highest BCUT2D eigenvalue weighted by Crippen LogP contribution is 2.24. The zero-order valence-corrected chi connectivity index (χ0v) is 50.5. The van der Waals surface area contributed by atoms with Crippen LogP contribution in [0.2, 0.25) is 0 Å². The maximum Gasteiger partial charge on any atom is 0.220 e. The Labute approximate surface area is 475 Å². The molecule has 0 radical (unpaired) electrons. The van der Waals surface area contributed by atoms with E-state index in [1.165, 1.54) is 231 Å². The molecule has 1 aliphatic rings. The van der Waals surface area contributed by atoms with Crippen molar-refractivity contribution in [3.63, 3.8) is 0 Å². The van der Waals surface area contributed by atoms with Crippen molar-refractivity contribution in [1.29, 1.82) is 0 Å². The first-order valence-corrected chi connectivity index (χ1v) is 33.3. The van der Waals surface area contributed by atoms with Gasteiger partial charge in [-0.1, -0.05) is 313 Å². The van der Waals surface area contributed by atoms with Gasteiger partial charge in [0.15, 0.2) is 6.29 Å². The average molecular weight is 1090 g/mol. The summed E-state index contributed by atoms with van der Waals surface area (Å²) in [6.45, 7) is 3.77. The molecule has 0 spiro atoms. The van der Waals surface area contributed by atoms with Gasteiger partial charge in [0.05, 0.1) is 25.4 Å². The van der Waals surface area contributed by atoms with Gasteiger partial charge in [0.2, 0.25) is 5.91 Å². The molecule has 6 N–H and O–H groups in total. The number of ether oxygens (including phenoxy) is 2. The largest absolute Gasteiger partial charge is 0.394 e. The van der Waals surface area contributed by atoms with Gasteiger partial charge in [-0.3, -0.25) is 4.79 Å². The van der Waals surface area contributed by atoms with Gasteiger partial charge in [0.25, 0.3) is 0 Å². The Bertz CT molecular complexity index is 1350. The van der Waals surface area contributed by atoms with Gasteiger partial charge in [0.1, 0.15) is 24.4 Å². The molecule has 1 amide bonds. The number of rotatable bonds is 58. The molecule has 77 heavy (non-hydrogen) atoms. The number of aliphatic hydroxyl groups is 5. The summed E-state index contributed by atoms with van der Waals surface area (Å²) in [6.07, 6.45) is 70.2. The van der Waals surface area contributed by atoms with Crippen molar-refractivity contribution in [2.75, 3.05) is 13.2 Å². The summed E-state index contributed by atoms with van der Waals surface area (Å²) in [5.41, 5.74) is 0. The maximum atomic E-state index is 13.1. The van der Waals surface area contributed by atoms with E-state index in [-0.39, 0.29) is 12.5 Å². The third kappa shape index (κ3) is 46.5. The van der Waals surface area contributed by atoms with Crippen LogP contribution in [0.3, 0.4) is 0 Å². The predicted molar refractivity (Wildman–Crippen MR) is 327 cm³/mol. The molecule has 1 heterocycles. The molecule has 7 atom stereocenters. The van der Waals surface area contributed by atoms with Gasteiger partial charge >= 0.3 is 0 Å². The fraction of sp³-hybridized carbons (Fsp3) is 0.868. The number of nitrogens with one attached hydrogen (secondary N) is 1. The molecular formula is C68H127NO8. The first-order chi connectivity index (χ1) is 37.8. The normalized spacial score (nSPS) is 19.0. The van der Waals surface area contributed by atoms with E-state index in [0.29, 0.717) is 12.8 Å². The van der Waals surface area contributed by atoms with E-state index in [0.717, 1.165) is 64.2 Å². The molecule has 1 aliphatic heterocycles. The summed E-state index contributed by atoms with van der Waals surface area (Å²) >= 11 is 0. The molecule has 452 valence electrons. The number of aliphatic hydroxyl groups excluding tert-OH is 5. The van der Waals surface area contributed by atoms with Gasteiger partial charge in [-0.2, -0.15) is 0 Å². The first kappa shape index (κ1) is 73.2. The zero-order chi connectivity index (χ0) is 55.8. The number of amides is 1. The lowest BCUT2D eigenvalue weighted by Crippen LogP contribution is -2.60. The van der Waals surface area contributed by atoms with Gasteiger partial charge in [-0.05, 0) is 51.4 Å². The standard InChI is InChI=1S/C68H127NO8/c1-3-5-7-9-11-13-15-17-19-21-23-25-27-29-30-31-32-34-35-37-39-41-43-45-47-49-51-53-55-57-62(71)61(60-76-68-67(75)66(74)65(73)63(59-70)77-68)69-64(72)58-56-54-52-50-48-46-44-42-40-38-36-33-28-26-24-22-20-18-16-14-12-10-8-6-4-2/h6,8,12,14,18,20,24,26,61-63,65-68,70-71,73-75H,3-5,7,9-11,13,15-17,19,21-23,25,27-60H2,1-2H3,(H,69,72)/b8-6-,14-12-,20-18-,26-24-. The quantitative estimate of drug-likeness (QED) is 0.0261. The summed E-state index contributed by atoms with van der Waals surface area (Å²) in [4.78, 5) is 13.1. The number of carbonyl (C=O) groups excluding carboxylic acids is 1. The Morgan fingerprint density at radius 3 is 1.19 bits per heavy atom. The van der Waals surface area contributed by atoms with Crippen molar-refractivity contribution in [3.05, 3.63) is 48.6 Å². The van der Waals surface area contributed by atoms with Crippen molar-refractivity contribution in [2.45, 2.75) is 365 Å². The predicted octanol–water partition coefficient (Wildman–Crippen LogP) is 17.6. The molecule has 0 aliphatic carbocycles. The highest BCUT2D eigenvalue weighted by atomic mass is 16.7. The van der Waals surface area contributed by atoms with Gasteiger partial charge in [-0.25, -0.2) is 0 Å². The zero-order valence-electron chi connectivity index (χ0n) is 50.5. The van der Waals surface area contributed by atoms with Crippen LogP contribution in [0.4, 0.5) is 0 Å². The van der Waals surface area contributed by atoms with Gasteiger partial charge < -0.3 is 40.3 Å². The molecular weight excluding hydrogens is 959 g/mol. The fourth-order valence-corrected chi connectivity index (χ4v) is 10.7. The van der Waals surface area contributed by atoms with E-state index in [1.807, 2.05) is 0 Å². The highest BCUT2D eigenvalue weighted by molar-refractivity contribution is 5.76. The van der Waals surface area contributed by atoms with Crippen molar-refractivity contribution < 1.29 is 39.8 Å². The fourth-order valence-electron chi connectivity index (χ4n) is 10.7. The van der Waals surface area contributed by atoms with Crippen LogP contribution in [-0.4, -0.2) is 87.5 Å². The number of unbranched alkanes of at least 4 members (excludes halogenated alkanes) is 40. The third-order valence-electron chi connectivity index (χ3n) is 15.9. The molecule has 0 aromatic rings. The van der Waals surface area contributed by atoms with Crippen molar-refractivity contribution in [3.8, 4) is 0 Å². The lowest BCUT2D eigenvalue weighted by Gasteiger charge is -2.40. The second-order valence-corrected chi connectivity index (χ2v) is 23.2. The summed E-state index contributed by atoms with van der Waals surface area (Å²) in [7, 11) is 0. The van der Waals surface area contributed by atoms with E-state index in [9.17, 15) is 30.3 Å². The first-order valence-electron chi connectivity index (χ1n) is 33.3. The van der Waals surface area contributed by atoms with Crippen LogP contribution in [0.25, 0.3) is 0 Å². The Morgan fingerprint density at radius 1 is 0.455 bits per heavy atom. The maximum absolute atomic E-state index is 13.1. The SMILES string of the molecule is CC/C=C\C/C=C\C/C=C\C/C=C\CCCCCCCCCCCCCCC(=O)NC(COC1OC(CO)C(O)C(O)C1O)C(O)CCCCCCCCCCCCCCCCCCCCCCCCCCCCCCC. The van der Waals surface area contributed by atoms with Crippen LogP contribution in [0, 0.1) is 0 Å². The molecule has 0 bridgehead atoms. The van der Waals surface area contributed by atoms with Crippen molar-refractivity contribution in [2.24, 2.45) is 0 Å². The average Bonchev–Trinajstić information content (AvgIpc) is 3.43. The van der Waals surface area contributed by atoms with Crippen LogP contribution in [0.5, 0.6) is 0 Å². The number of allylic oxidation sites excluding steroid dienone is 8. The topological polar surface area (TPSA) is 149 Å². The van der Waals surface area contributed by atoms with Gasteiger partial charge in [-0.15, -0.1) is 0 Å². The molecule has 1 saturated heterocycles. The van der Waals surface area contributed by atoms with Crippen LogP contribution in [0.15, 0.2) is 48.6 Å². The Balaban J connectivity index is 2.13. The summed E-state index contributed by atoms with van der Waals surface area (Å²) in [5.74, 6) is -0.143. The van der Waals surface area contributed by atoms with E-state index in [2.05, 4.69) is 67.8 Å². The Hall–Kier alpha value is -1.85. The number of hydrogen-bond acceptors (Lipinski definition) is 8. The van der Waals surface area contributed by atoms with Gasteiger partial charge in [0, 0.05) is 6.42 Å². The molecule has 0 aromatic heterocycles. The summed E-state index contributed by atoms with van der Waals surface area (Å²) in [6, 6.07) is -0.723. The molecule has 9 nitrogen and oxygen atoms in total. The lowest BCUT2D eigenvalue weighted by atomic mass is 9.99. The van der Waals surface area contributed by atoms with Crippen molar-refractivity contribution in [1.82, 2.24) is 5.32 Å². The highest BCUT2D eigenvalue weighted by Gasteiger charge is 2.44. The second kappa shape index (κ2) is 57.4. The smallest absolute Gasteiger partial charge is 0.220 e. The summed E-state index contributed by atoms with van der Waals surface area (Å²) < 4.78 is 11.4. The van der Waals surface area contributed by atoms with Crippen molar-refractivity contribution >= 4 is 5.91 Å². The van der Waals surface area contributed by atoms with Crippen LogP contribution in [0.1, 0.15) is 322 Å². The molecule has 9 heteroatoms. The lowest BCUT2D eigenvalue weighted by molar-refractivity contribution is -0.302. The Kier molecular flexibility index (Phi) is 54.5. The molecule has 7 unspecified atom stereocenters. The summed E-state index contributed by atoms with van der Waals surface area (Å²) in [5, 5.41) is 54.9. The van der Waals surface area contributed by atoms with E-state index < -0.39 is 49.5 Å². The number of hydrogen-bond donors (Lipinski definition) is 6. The van der Waals surface area contributed by atoms with E-state index in [1.54, 1.807) is 0 Å². The van der Waals surface area contributed by atoms with Crippen LogP contribution >= 0.6 is 0 Å². The minimum Gasteiger partial charge on any atom is -0.394 e. The minimum absolute atomic E-state index is 0.138. The third-order valence-corrected chi connectivity index (χ3v) is 15.9.